The minimum Gasteiger partial charge on any atom is -0.343 e. The molecule has 1 aliphatic rings. The molecule has 1 aliphatic heterocycles. The Kier molecular flexibility index (Phi) is 3.36. The molecule has 1 fully saturated rings. The largest absolute Gasteiger partial charge is 0.343 e. The van der Waals surface area contributed by atoms with Gasteiger partial charge in [-0.3, -0.25) is 19.2 Å². The van der Waals surface area contributed by atoms with Crippen molar-refractivity contribution in [2.45, 2.75) is 39.3 Å². The number of hydrogen-bond acceptors (Lipinski definition) is 3. The van der Waals surface area contributed by atoms with Crippen molar-refractivity contribution in [2.24, 2.45) is 0 Å². The van der Waals surface area contributed by atoms with Crippen LogP contribution in [0.4, 0.5) is 5.69 Å². The summed E-state index contributed by atoms with van der Waals surface area (Å²) in [6.07, 6.45) is 4.02. The summed E-state index contributed by atoms with van der Waals surface area (Å²) in [5.41, 5.74) is 0.682. The molecule has 1 atom stereocenters. The lowest BCUT2D eigenvalue weighted by Gasteiger charge is -2.31. The third kappa shape index (κ3) is 2.23. The van der Waals surface area contributed by atoms with Crippen molar-refractivity contribution in [3.05, 3.63) is 12.4 Å². The average Bonchev–Trinajstić information content (AvgIpc) is 2.81. The van der Waals surface area contributed by atoms with Gasteiger partial charge in [0.15, 0.2) is 0 Å². The number of piperazine rings is 1. The smallest absolute Gasteiger partial charge is 0.250 e. The van der Waals surface area contributed by atoms with E-state index >= 15 is 0 Å². The van der Waals surface area contributed by atoms with Crippen LogP contribution in [0.25, 0.3) is 0 Å². The van der Waals surface area contributed by atoms with Crippen molar-refractivity contribution in [3.63, 3.8) is 0 Å². The topological polar surface area (TPSA) is 67.2 Å². The summed E-state index contributed by atoms with van der Waals surface area (Å²) in [5.74, 6) is -0.195. The molecule has 98 valence electrons. The third-order valence-corrected chi connectivity index (χ3v) is 3.04. The van der Waals surface area contributed by atoms with Crippen LogP contribution in [0.5, 0.6) is 0 Å². The van der Waals surface area contributed by atoms with Crippen LogP contribution in [-0.2, 0) is 9.59 Å². The molecule has 0 bridgehead atoms. The van der Waals surface area contributed by atoms with Gasteiger partial charge in [0.2, 0.25) is 11.8 Å². The van der Waals surface area contributed by atoms with Gasteiger partial charge in [-0.15, -0.1) is 0 Å². The van der Waals surface area contributed by atoms with Crippen LogP contribution >= 0.6 is 0 Å². The number of carbonyl (C=O) groups is 2. The molecule has 1 saturated heterocycles. The molecule has 0 radical (unpaired) electrons. The van der Waals surface area contributed by atoms with Crippen LogP contribution in [-0.4, -0.2) is 34.2 Å². The van der Waals surface area contributed by atoms with Gasteiger partial charge < -0.3 is 5.32 Å². The quantitative estimate of drug-likeness (QED) is 0.859. The second-order valence-corrected chi connectivity index (χ2v) is 4.73. The van der Waals surface area contributed by atoms with E-state index in [0.29, 0.717) is 12.1 Å². The van der Waals surface area contributed by atoms with E-state index in [0.717, 1.165) is 0 Å². The summed E-state index contributed by atoms with van der Waals surface area (Å²) in [5, 5.41) is 6.88. The van der Waals surface area contributed by atoms with Gasteiger partial charge in [-0.2, -0.15) is 5.10 Å². The van der Waals surface area contributed by atoms with E-state index in [1.54, 1.807) is 17.1 Å². The van der Waals surface area contributed by atoms with E-state index in [2.05, 4.69) is 10.4 Å². The molecule has 2 amide bonds. The van der Waals surface area contributed by atoms with E-state index in [1.165, 1.54) is 4.90 Å². The first-order valence-corrected chi connectivity index (χ1v) is 6.17. The minimum absolute atomic E-state index is 0.0686. The first-order chi connectivity index (χ1) is 8.52. The van der Waals surface area contributed by atoms with Crippen LogP contribution < -0.4 is 10.2 Å². The highest BCUT2D eigenvalue weighted by Gasteiger charge is 2.32. The highest BCUT2D eigenvalue weighted by Crippen LogP contribution is 2.19. The molecule has 2 heterocycles. The maximum atomic E-state index is 12.2. The van der Waals surface area contributed by atoms with Crippen molar-refractivity contribution in [1.29, 1.82) is 0 Å². The molecular formula is C12H18N4O2. The highest BCUT2D eigenvalue weighted by atomic mass is 16.2. The Labute approximate surface area is 106 Å². The SMILES string of the molecule is CCC1NC(=O)CN(c2cnn(C(C)C)c2)C1=O. The summed E-state index contributed by atoms with van der Waals surface area (Å²) in [4.78, 5) is 25.2. The molecule has 6 nitrogen and oxygen atoms in total. The third-order valence-electron chi connectivity index (χ3n) is 3.04. The number of aromatic nitrogens is 2. The number of nitrogens with one attached hydrogen (secondary N) is 1. The van der Waals surface area contributed by atoms with Crippen LogP contribution in [0, 0.1) is 0 Å². The number of hydrogen-bond donors (Lipinski definition) is 1. The van der Waals surface area contributed by atoms with E-state index in [-0.39, 0.29) is 24.4 Å². The Bertz CT molecular complexity index is 466. The van der Waals surface area contributed by atoms with Crippen molar-refractivity contribution >= 4 is 17.5 Å². The Morgan fingerprint density at radius 1 is 1.50 bits per heavy atom. The summed E-state index contributed by atoms with van der Waals surface area (Å²) < 4.78 is 1.77. The molecule has 0 aliphatic carbocycles. The Morgan fingerprint density at radius 2 is 2.22 bits per heavy atom. The zero-order valence-corrected chi connectivity index (χ0v) is 10.9. The van der Waals surface area contributed by atoms with Crippen LogP contribution in [0.3, 0.4) is 0 Å². The average molecular weight is 250 g/mol. The lowest BCUT2D eigenvalue weighted by atomic mass is 10.1. The number of amides is 2. The normalized spacial score (nSPS) is 20.4. The molecule has 1 N–H and O–H groups in total. The van der Waals surface area contributed by atoms with Crippen molar-refractivity contribution in [3.8, 4) is 0 Å². The standard InChI is InChI=1S/C12H18N4O2/c1-4-10-12(18)15(7-11(17)14-10)9-5-13-16(6-9)8(2)3/h5-6,8,10H,4,7H2,1-3H3,(H,14,17). The molecule has 6 heteroatoms. The summed E-state index contributed by atoms with van der Waals surface area (Å²) in [6, 6.07) is -0.192. The monoisotopic (exact) mass is 250 g/mol. The van der Waals surface area contributed by atoms with Crippen molar-refractivity contribution in [2.75, 3.05) is 11.4 Å². The molecule has 0 aromatic carbocycles. The summed E-state index contributed by atoms with van der Waals surface area (Å²) >= 11 is 0. The molecule has 1 aromatic heterocycles. The first-order valence-electron chi connectivity index (χ1n) is 6.17. The van der Waals surface area contributed by atoms with Gasteiger partial charge >= 0.3 is 0 Å². The van der Waals surface area contributed by atoms with Gasteiger partial charge in [0.05, 0.1) is 11.9 Å². The molecule has 18 heavy (non-hydrogen) atoms. The van der Waals surface area contributed by atoms with Gasteiger partial charge in [0.1, 0.15) is 12.6 Å². The first kappa shape index (κ1) is 12.6. The fourth-order valence-corrected chi connectivity index (χ4v) is 1.96. The highest BCUT2D eigenvalue weighted by molar-refractivity contribution is 6.06. The maximum absolute atomic E-state index is 12.2. The minimum atomic E-state index is -0.423. The van der Waals surface area contributed by atoms with Gasteiger partial charge in [-0.25, -0.2) is 0 Å². The second kappa shape index (κ2) is 4.80. The lowest BCUT2D eigenvalue weighted by Crippen LogP contribution is -2.57. The Morgan fingerprint density at radius 3 is 2.78 bits per heavy atom. The number of rotatable bonds is 3. The number of anilines is 1. The van der Waals surface area contributed by atoms with E-state index < -0.39 is 6.04 Å². The van der Waals surface area contributed by atoms with Crippen molar-refractivity contribution in [1.82, 2.24) is 15.1 Å². The second-order valence-electron chi connectivity index (χ2n) is 4.73. The summed E-state index contributed by atoms with van der Waals surface area (Å²) in [7, 11) is 0. The molecule has 0 spiro atoms. The molecule has 0 saturated carbocycles. The van der Waals surface area contributed by atoms with Crippen LogP contribution in [0.1, 0.15) is 33.2 Å². The van der Waals surface area contributed by atoms with Gasteiger partial charge in [0.25, 0.3) is 0 Å². The van der Waals surface area contributed by atoms with Crippen LogP contribution in [0.2, 0.25) is 0 Å². The molecule has 2 rings (SSSR count). The van der Waals surface area contributed by atoms with Gasteiger partial charge in [-0.05, 0) is 20.3 Å². The molecule has 1 unspecified atom stereocenters. The fourth-order valence-electron chi connectivity index (χ4n) is 1.96. The Balaban J connectivity index is 2.24. The maximum Gasteiger partial charge on any atom is 0.250 e. The van der Waals surface area contributed by atoms with Gasteiger partial charge in [-0.1, -0.05) is 6.92 Å². The predicted molar refractivity (Wildman–Crippen MR) is 67.2 cm³/mol. The molecular weight excluding hydrogens is 232 g/mol. The summed E-state index contributed by atoms with van der Waals surface area (Å²) in [6.45, 7) is 5.97. The van der Waals surface area contributed by atoms with Crippen molar-refractivity contribution < 1.29 is 9.59 Å². The van der Waals surface area contributed by atoms with Crippen LogP contribution in [0.15, 0.2) is 12.4 Å². The van der Waals surface area contributed by atoms with Gasteiger partial charge in [0, 0.05) is 12.2 Å². The van der Waals surface area contributed by atoms with E-state index in [1.807, 2.05) is 20.8 Å². The number of nitrogens with zero attached hydrogens (tertiary/aromatic N) is 3. The predicted octanol–water partition coefficient (Wildman–Crippen LogP) is 0.705. The fraction of sp³-hybridized carbons (Fsp3) is 0.583. The molecule has 1 aromatic rings. The van der Waals surface area contributed by atoms with E-state index in [9.17, 15) is 9.59 Å². The lowest BCUT2D eigenvalue weighted by molar-refractivity contribution is -0.131. The Hall–Kier alpha value is -1.85. The van der Waals surface area contributed by atoms with E-state index in [4.69, 9.17) is 0 Å². The zero-order valence-electron chi connectivity index (χ0n) is 10.9. The zero-order chi connectivity index (χ0) is 13.3. The number of carbonyl (C=O) groups excluding carboxylic acids is 2.